The lowest BCUT2D eigenvalue weighted by molar-refractivity contribution is -0.384. The zero-order chi connectivity index (χ0) is 18.7. The Morgan fingerprint density at radius 1 is 1.15 bits per heavy atom. The van der Waals surface area contributed by atoms with E-state index in [1.807, 2.05) is 6.07 Å². The van der Waals surface area contributed by atoms with Gasteiger partial charge in [0.25, 0.3) is 11.6 Å². The van der Waals surface area contributed by atoms with E-state index in [0.29, 0.717) is 26.2 Å². The molecule has 0 atom stereocenters. The van der Waals surface area contributed by atoms with Crippen molar-refractivity contribution in [2.45, 2.75) is 0 Å². The summed E-state index contributed by atoms with van der Waals surface area (Å²) in [5.41, 5.74) is 0.0961. The van der Waals surface area contributed by atoms with Crippen molar-refractivity contribution in [2.75, 3.05) is 31.1 Å². The molecule has 1 amide bonds. The molecule has 0 spiro atoms. The van der Waals surface area contributed by atoms with Crippen molar-refractivity contribution in [1.82, 2.24) is 4.90 Å². The molecule has 0 N–H and O–H groups in total. The van der Waals surface area contributed by atoms with Crippen LogP contribution in [0.25, 0.3) is 0 Å². The summed E-state index contributed by atoms with van der Waals surface area (Å²) in [7, 11) is 0. The molecule has 0 unspecified atom stereocenters. The summed E-state index contributed by atoms with van der Waals surface area (Å²) >= 11 is 0. The zero-order valence-electron chi connectivity index (χ0n) is 13.6. The number of piperazine rings is 1. The average molecular weight is 351 g/mol. The number of carbonyl (C=O) groups excluding carboxylic acids is 1. The molecule has 2 aromatic rings. The maximum Gasteiger partial charge on any atom is 0.293 e. The van der Waals surface area contributed by atoms with Crippen LogP contribution in [0.3, 0.4) is 0 Å². The Labute approximate surface area is 148 Å². The lowest BCUT2D eigenvalue weighted by atomic mass is 10.1. The fourth-order valence-electron chi connectivity index (χ4n) is 2.87. The molecule has 26 heavy (non-hydrogen) atoms. The number of benzene rings is 1. The van der Waals surface area contributed by atoms with Gasteiger partial charge >= 0.3 is 0 Å². The Hall–Kier alpha value is -3.85. The maximum atomic E-state index is 12.3. The van der Waals surface area contributed by atoms with Crippen LogP contribution in [-0.4, -0.2) is 41.9 Å². The van der Waals surface area contributed by atoms with Crippen LogP contribution in [0.5, 0.6) is 0 Å². The van der Waals surface area contributed by atoms with Gasteiger partial charge in [-0.15, -0.1) is 0 Å². The Morgan fingerprint density at radius 2 is 1.81 bits per heavy atom. The standard InChI is InChI=1S/C17H13N5O4/c18-10-12-8-14(15(22(24)25)9-13(12)11-19)20-3-5-21(6-4-20)17(23)16-2-1-7-26-16/h1-2,7-9H,3-6H2. The summed E-state index contributed by atoms with van der Waals surface area (Å²) in [6, 6.07) is 9.39. The van der Waals surface area contributed by atoms with E-state index in [2.05, 4.69) is 0 Å². The molecular formula is C17H13N5O4. The summed E-state index contributed by atoms with van der Waals surface area (Å²) in [6.07, 6.45) is 1.42. The first-order chi connectivity index (χ1) is 12.5. The number of hydrogen-bond acceptors (Lipinski definition) is 7. The van der Waals surface area contributed by atoms with Crippen LogP contribution < -0.4 is 4.90 Å². The summed E-state index contributed by atoms with van der Waals surface area (Å²) in [4.78, 5) is 26.4. The fourth-order valence-corrected chi connectivity index (χ4v) is 2.87. The first-order valence-corrected chi connectivity index (χ1v) is 7.75. The molecule has 1 aromatic heterocycles. The van der Waals surface area contributed by atoms with Crippen LogP contribution in [-0.2, 0) is 0 Å². The number of anilines is 1. The minimum absolute atomic E-state index is 0.0328. The van der Waals surface area contributed by atoms with Gasteiger partial charge in [0.2, 0.25) is 0 Å². The third-order valence-electron chi connectivity index (χ3n) is 4.19. The van der Waals surface area contributed by atoms with Crippen molar-refractivity contribution in [3.63, 3.8) is 0 Å². The fraction of sp³-hybridized carbons (Fsp3) is 0.235. The lowest BCUT2D eigenvalue weighted by Gasteiger charge is -2.35. The van der Waals surface area contributed by atoms with Gasteiger partial charge in [0.05, 0.1) is 22.3 Å². The highest BCUT2D eigenvalue weighted by atomic mass is 16.6. The maximum absolute atomic E-state index is 12.3. The van der Waals surface area contributed by atoms with E-state index in [-0.39, 0.29) is 34.2 Å². The summed E-state index contributed by atoms with van der Waals surface area (Å²) in [5.74, 6) is 0.0104. The van der Waals surface area contributed by atoms with Crippen molar-refractivity contribution in [2.24, 2.45) is 0 Å². The molecule has 9 nitrogen and oxygen atoms in total. The summed E-state index contributed by atoms with van der Waals surface area (Å²) < 4.78 is 5.11. The van der Waals surface area contributed by atoms with E-state index in [9.17, 15) is 14.9 Å². The highest BCUT2D eigenvalue weighted by Gasteiger charge is 2.28. The van der Waals surface area contributed by atoms with Crippen LogP contribution in [0.4, 0.5) is 11.4 Å². The van der Waals surface area contributed by atoms with Crippen LogP contribution in [0, 0.1) is 32.8 Å². The molecule has 0 aliphatic carbocycles. The third-order valence-corrected chi connectivity index (χ3v) is 4.19. The predicted molar refractivity (Wildman–Crippen MR) is 89.4 cm³/mol. The van der Waals surface area contributed by atoms with Gasteiger partial charge in [0.1, 0.15) is 17.8 Å². The Morgan fingerprint density at radius 3 is 2.35 bits per heavy atom. The van der Waals surface area contributed by atoms with Gasteiger partial charge in [-0.05, 0) is 18.2 Å². The van der Waals surface area contributed by atoms with Crippen molar-refractivity contribution < 1.29 is 14.1 Å². The number of rotatable bonds is 3. The highest BCUT2D eigenvalue weighted by Crippen LogP contribution is 2.32. The van der Waals surface area contributed by atoms with Gasteiger partial charge in [0, 0.05) is 32.2 Å². The van der Waals surface area contributed by atoms with Gasteiger partial charge in [-0.2, -0.15) is 10.5 Å². The van der Waals surface area contributed by atoms with Crippen LogP contribution in [0.2, 0.25) is 0 Å². The van der Waals surface area contributed by atoms with Crippen LogP contribution in [0.15, 0.2) is 34.9 Å². The number of hydrogen-bond donors (Lipinski definition) is 0. The van der Waals surface area contributed by atoms with Gasteiger partial charge in [0.15, 0.2) is 5.76 Å². The number of nitriles is 2. The molecule has 130 valence electrons. The minimum Gasteiger partial charge on any atom is -0.459 e. The molecule has 1 aliphatic heterocycles. The van der Waals surface area contributed by atoms with Crippen LogP contribution in [0.1, 0.15) is 21.7 Å². The van der Waals surface area contributed by atoms with E-state index in [1.54, 1.807) is 28.0 Å². The van der Waals surface area contributed by atoms with Crippen molar-refractivity contribution in [1.29, 1.82) is 10.5 Å². The third kappa shape index (κ3) is 3.06. The molecule has 1 aromatic carbocycles. The van der Waals surface area contributed by atoms with E-state index in [4.69, 9.17) is 14.9 Å². The van der Waals surface area contributed by atoms with E-state index in [1.165, 1.54) is 12.3 Å². The molecule has 0 radical (unpaired) electrons. The Balaban J connectivity index is 1.83. The first kappa shape index (κ1) is 17.0. The Bertz CT molecular complexity index is 931. The summed E-state index contributed by atoms with van der Waals surface area (Å²) in [6.45, 7) is 1.45. The largest absolute Gasteiger partial charge is 0.459 e. The highest BCUT2D eigenvalue weighted by molar-refractivity contribution is 5.91. The van der Waals surface area contributed by atoms with Crippen LogP contribution >= 0.6 is 0 Å². The number of carbonyl (C=O) groups is 1. The first-order valence-electron chi connectivity index (χ1n) is 7.75. The van der Waals surface area contributed by atoms with Gasteiger partial charge in [-0.3, -0.25) is 14.9 Å². The molecule has 0 bridgehead atoms. The predicted octanol–water partition coefficient (Wildman–Crippen LogP) is 1.89. The monoisotopic (exact) mass is 351 g/mol. The zero-order valence-corrected chi connectivity index (χ0v) is 13.6. The van der Waals surface area contributed by atoms with Gasteiger partial charge in [-0.25, -0.2) is 0 Å². The second-order valence-corrected chi connectivity index (χ2v) is 5.62. The topological polar surface area (TPSA) is 127 Å². The van der Waals surface area contributed by atoms with Gasteiger partial charge in [-0.1, -0.05) is 0 Å². The van der Waals surface area contributed by atoms with Crippen molar-refractivity contribution >= 4 is 17.3 Å². The average Bonchev–Trinajstić information content (AvgIpc) is 3.21. The molecule has 9 heteroatoms. The molecule has 1 saturated heterocycles. The normalized spacial score (nSPS) is 13.8. The lowest BCUT2D eigenvalue weighted by Crippen LogP contribution is -2.48. The molecule has 0 saturated carbocycles. The SMILES string of the molecule is N#Cc1cc(N2CCN(C(=O)c3ccco3)CC2)c([N+](=O)[O-])cc1C#N. The molecule has 1 aliphatic rings. The second kappa shape index (κ2) is 6.95. The van der Waals surface area contributed by atoms with E-state index < -0.39 is 4.92 Å². The van der Waals surface area contributed by atoms with Crippen molar-refractivity contribution in [3.8, 4) is 12.1 Å². The number of amides is 1. The number of nitro benzene ring substituents is 1. The second-order valence-electron chi connectivity index (χ2n) is 5.62. The summed E-state index contributed by atoms with van der Waals surface area (Å²) in [5, 5.41) is 29.6. The van der Waals surface area contributed by atoms with E-state index in [0.717, 1.165) is 6.07 Å². The Kier molecular flexibility index (Phi) is 4.54. The minimum atomic E-state index is -0.572. The molecular weight excluding hydrogens is 338 g/mol. The number of furan rings is 1. The smallest absolute Gasteiger partial charge is 0.293 e. The molecule has 2 heterocycles. The number of nitro groups is 1. The quantitative estimate of drug-likeness (QED) is 0.610. The number of nitrogens with zero attached hydrogens (tertiary/aromatic N) is 5. The molecule has 1 fully saturated rings. The van der Waals surface area contributed by atoms with E-state index >= 15 is 0 Å². The van der Waals surface area contributed by atoms with Crippen molar-refractivity contribution in [3.05, 3.63) is 57.5 Å². The van der Waals surface area contributed by atoms with Gasteiger partial charge < -0.3 is 14.2 Å². The molecule has 3 rings (SSSR count).